The fraction of sp³-hybridized carbons (Fsp3) is 0.417. The van der Waals surface area contributed by atoms with Gasteiger partial charge in [0.15, 0.2) is 0 Å². The first-order valence-electron chi connectivity index (χ1n) is 10.7. The second kappa shape index (κ2) is 11.1. The van der Waals surface area contributed by atoms with Crippen LogP contribution in [0.1, 0.15) is 37.0 Å². The lowest BCUT2D eigenvalue weighted by atomic mass is 10.1. The van der Waals surface area contributed by atoms with Gasteiger partial charge < -0.3 is 10.2 Å². The Labute approximate surface area is 191 Å². The van der Waals surface area contributed by atoms with Gasteiger partial charge in [-0.1, -0.05) is 43.3 Å². The second-order valence-electron chi connectivity index (χ2n) is 8.02. The molecule has 0 aliphatic rings. The second-order valence-corrected chi connectivity index (χ2v) is 9.93. The van der Waals surface area contributed by atoms with E-state index in [1.807, 2.05) is 51.1 Å². The Morgan fingerprint density at radius 1 is 1.06 bits per heavy atom. The van der Waals surface area contributed by atoms with Crippen molar-refractivity contribution in [3.05, 3.63) is 65.2 Å². The zero-order chi connectivity index (χ0) is 23.9. The van der Waals surface area contributed by atoms with E-state index in [9.17, 15) is 18.0 Å². The smallest absolute Gasteiger partial charge is 0.244 e. The molecule has 0 saturated heterocycles. The number of sulfonamides is 1. The van der Waals surface area contributed by atoms with Crippen molar-refractivity contribution in [2.75, 3.05) is 23.7 Å². The normalized spacial score (nSPS) is 12.2. The molecule has 0 fully saturated rings. The van der Waals surface area contributed by atoms with Gasteiger partial charge in [-0.3, -0.25) is 13.9 Å². The highest BCUT2D eigenvalue weighted by Gasteiger charge is 2.30. The first kappa shape index (κ1) is 25.4. The molecule has 0 aliphatic heterocycles. The lowest BCUT2D eigenvalue weighted by Crippen LogP contribution is -2.51. The van der Waals surface area contributed by atoms with E-state index in [0.717, 1.165) is 33.7 Å². The summed E-state index contributed by atoms with van der Waals surface area (Å²) < 4.78 is 26.2. The van der Waals surface area contributed by atoms with Gasteiger partial charge in [-0.2, -0.15) is 0 Å². The third kappa shape index (κ3) is 6.82. The van der Waals surface area contributed by atoms with Crippen molar-refractivity contribution in [2.45, 2.75) is 46.7 Å². The molecule has 0 unspecified atom stereocenters. The quantitative estimate of drug-likeness (QED) is 0.592. The number of rotatable bonds is 10. The van der Waals surface area contributed by atoms with Crippen molar-refractivity contribution in [2.24, 2.45) is 0 Å². The summed E-state index contributed by atoms with van der Waals surface area (Å²) in [5, 5.41) is 2.83. The summed E-state index contributed by atoms with van der Waals surface area (Å²) in [7, 11) is -3.72. The zero-order valence-electron chi connectivity index (χ0n) is 19.5. The Morgan fingerprint density at radius 2 is 1.75 bits per heavy atom. The number of anilines is 1. The highest BCUT2D eigenvalue weighted by atomic mass is 32.2. The Bertz CT molecular complexity index is 1050. The third-order valence-electron chi connectivity index (χ3n) is 5.29. The minimum absolute atomic E-state index is 0.206. The molecule has 0 spiro atoms. The molecule has 0 saturated carbocycles. The van der Waals surface area contributed by atoms with Crippen molar-refractivity contribution >= 4 is 27.5 Å². The average molecular weight is 460 g/mol. The maximum Gasteiger partial charge on any atom is 0.244 e. The molecular formula is C24H33N3O4S. The molecule has 2 aromatic carbocycles. The summed E-state index contributed by atoms with van der Waals surface area (Å²) in [5.41, 5.74) is 3.19. The van der Waals surface area contributed by atoms with E-state index in [2.05, 4.69) is 5.32 Å². The van der Waals surface area contributed by atoms with Crippen LogP contribution in [-0.2, 0) is 26.2 Å². The molecule has 1 N–H and O–H groups in total. The van der Waals surface area contributed by atoms with Gasteiger partial charge in [0, 0.05) is 13.1 Å². The number of carbonyl (C=O) groups excluding carboxylic acids is 2. The summed E-state index contributed by atoms with van der Waals surface area (Å²) in [6.45, 7) is 7.74. The molecule has 1 atom stereocenters. The standard InChI is InChI=1S/C24H33N3O4S/c1-6-14-25-24(29)20(4)26(16-21-12-8-7-11-19(21)3)23(28)17-27(32(5,30)31)22-13-9-10-18(2)15-22/h7-13,15,20H,6,14,16-17H2,1-5H3,(H,25,29)/t20-/m0/s1. The molecule has 0 aliphatic carbocycles. The van der Waals surface area contributed by atoms with Gasteiger partial charge in [0.1, 0.15) is 12.6 Å². The maximum atomic E-state index is 13.4. The van der Waals surface area contributed by atoms with E-state index in [0.29, 0.717) is 12.2 Å². The van der Waals surface area contributed by atoms with Gasteiger partial charge in [-0.25, -0.2) is 8.42 Å². The predicted octanol–water partition coefficient (Wildman–Crippen LogP) is 3.01. The van der Waals surface area contributed by atoms with Crippen LogP contribution in [0.5, 0.6) is 0 Å². The molecule has 0 bridgehead atoms. The SMILES string of the molecule is CCCNC(=O)[C@H](C)N(Cc1ccccc1C)C(=O)CN(c1cccc(C)c1)S(C)(=O)=O. The van der Waals surface area contributed by atoms with Crippen LogP contribution in [-0.4, -0.2) is 50.5 Å². The number of benzene rings is 2. The van der Waals surface area contributed by atoms with Crippen molar-refractivity contribution in [3.63, 3.8) is 0 Å². The van der Waals surface area contributed by atoms with Gasteiger partial charge in [0.05, 0.1) is 11.9 Å². The number of hydrogen-bond donors (Lipinski definition) is 1. The molecule has 2 amide bonds. The number of hydrogen-bond acceptors (Lipinski definition) is 4. The summed E-state index contributed by atoms with van der Waals surface area (Å²) in [6, 6.07) is 13.9. The van der Waals surface area contributed by atoms with Crippen LogP contribution in [0.3, 0.4) is 0 Å². The van der Waals surface area contributed by atoms with E-state index < -0.39 is 22.0 Å². The molecule has 2 rings (SSSR count). The fourth-order valence-electron chi connectivity index (χ4n) is 3.35. The van der Waals surface area contributed by atoms with Crippen LogP contribution in [0.15, 0.2) is 48.5 Å². The van der Waals surface area contributed by atoms with Crippen LogP contribution < -0.4 is 9.62 Å². The van der Waals surface area contributed by atoms with E-state index in [4.69, 9.17) is 0 Å². The lowest BCUT2D eigenvalue weighted by Gasteiger charge is -2.32. The Balaban J connectivity index is 2.38. The largest absolute Gasteiger partial charge is 0.354 e. The monoisotopic (exact) mass is 459 g/mol. The average Bonchev–Trinajstić information content (AvgIpc) is 2.73. The van der Waals surface area contributed by atoms with Gasteiger partial charge in [0.25, 0.3) is 0 Å². The summed E-state index contributed by atoms with van der Waals surface area (Å²) >= 11 is 0. The molecule has 2 aromatic rings. The zero-order valence-corrected chi connectivity index (χ0v) is 20.3. The summed E-state index contributed by atoms with van der Waals surface area (Å²) in [4.78, 5) is 27.6. The van der Waals surface area contributed by atoms with Crippen LogP contribution in [0.4, 0.5) is 5.69 Å². The maximum absolute atomic E-state index is 13.4. The highest BCUT2D eigenvalue weighted by molar-refractivity contribution is 7.92. The summed E-state index contributed by atoms with van der Waals surface area (Å²) in [5.74, 6) is -0.713. The van der Waals surface area contributed by atoms with Crippen molar-refractivity contribution < 1.29 is 18.0 Å². The van der Waals surface area contributed by atoms with Crippen molar-refractivity contribution in [1.29, 1.82) is 0 Å². The number of nitrogens with zero attached hydrogens (tertiary/aromatic N) is 2. The van der Waals surface area contributed by atoms with Gasteiger partial charge in [-0.15, -0.1) is 0 Å². The van der Waals surface area contributed by atoms with Crippen LogP contribution in [0.2, 0.25) is 0 Å². The third-order valence-corrected chi connectivity index (χ3v) is 6.43. The molecule has 7 nitrogen and oxygen atoms in total. The number of nitrogens with one attached hydrogen (secondary N) is 1. The van der Waals surface area contributed by atoms with E-state index >= 15 is 0 Å². The minimum Gasteiger partial charge on any atom is -0.354 e. The highest BCUT2D eigenvalue weighted by Crippen LogP contribution is 2.20. The first-order valence-corrected chi connectivity index (χ1v) is 12.6. The molecule has 32 heavy (non-hydrogen) atoms. The fourth-order valence-corrected chi connectivity index (χ4v) is 4.19. The summed E-state index contributed by atoms with van der Waals surface area (Å²) in [6.07, 6.45) is 1.85. The Kier molecular flexibility index (Phi) is 8.83. The molecule has 0 aromatic heterocycles. The number of amides is 2. The van der Waals surface area contributed by atoms with E-state index in [1.165, 1.54) is 4.90 Å². The molecule has 0 radical (unpaired) electrons. The topological polar surface area (TPSA) is 86.8 Å². The van der Waals surface area contributed by atoms with Crippen LogP contribution in [0, 0.1) is 13.8 Å². The van der Waals surface area contributed by atoms with Gasteiger partial charge in [0.2, 0.25) is 21.8 Å². The number of carbonyl (C=O) groups is 2. The Morgan fingerprint density at radius 3 is 2.34 bits per heavy atom. The van der Waals surface area contributed by atoms with Gasteiger partial charge >= 0.3 is 0 Å². The molecule has 8 heteroatoms. The minimum atomic E-state index is -3.72. The Hall–Kier alpha value is -2.87. The van der Waals surface area contributed by atoms with Crippen LogP contribution >= 0.6 is 0 Å². The van der Waals surface area contributed by atoms with Crippen molar-refractivity contribution in [1.82, 2.24) is 10.2 Å². The lowest BCUT2D eigenvalue weighted by molar-refractivity contribution is -0.139. The van der Waals surface area contributed by atoms with E-state index in [1.54, 1.807) is 25.1 Å². The number of aryl methyl sites for hydroxylation is 2. The molecular weight excluding hydrogens is 426 g/mol. The van der Waals surface area contributed by atoms with Gasteiger partial charge in [-0.05, 0) is 56.0 Å². The predicted molar refractivity (Wildman–Crippen MR) is 128 cm³/mol. The molecule has 174 valence electrons. The first-order chi connectivity index (χ1) is 15.0. The van der Waals surface area contributed by atoms with E-state index in [-0.39, 0.29) is 19.0 Å². The van der Waals surface area contributed by atoms with Crippen molar-refractivity contribution in [3.8, 4) is 0 Å². The van der Waals surface area contributed by atoms with Crippen LogP contribution in [0.25, 0.3) is 0 Å². The molecule has 0 heterocycles.